The molecule has 1 fully saturated rings. The Morgan fingerprint density at radius 2 is 2.33 bits per heavy atom. The molecular weight excluding hydrogens is 244 g/mol. The lowest BCUT2D eigenvalue weighted by Gasteiger charge is -2.25. The van der Waals surface area contributed by atoms with Gasteiger partial charge in [0.25, 0.3) is 0 Å². The summed E-state index contributed by atoms with van der Waals surface area (Å²) >= 11 is 2.03. The molecule has 0 amide bonds. The van der Waals surface area contributed by atoms with Crippen molar-refractivity contribution in [3.63, 3.8) is 0 Å². The molecule has 0 spiro atoms. The molecule has 0 aromatic carbocycles. The van der Waals surface area contributed by atoms with Gasteiger partial charge in [0.1, 0.15) is 17.5 Å². The molecule has 18 heavy (non-hydrogen) atoms. The van der Waals surface area contributed by atoms with Gasteiger partial charge in [-0.05, 0) is 18.6 Å². The van der Waals surface area contributed by atoms with E-state index in [4.69, 9.17) is 0 Å². The molecule has 0 saturated carbocycles. The van der Waals surface area contributed by atoms with Crippen LogP contribution in [-0.2, 0) is 6.42 Å². The standard InChI is InChI=1S/C13H22N4S/c1-4-5-11-15-12(14-2)8-13(16-11)17(3)10-6-7-18-9-10/h8,10H,4-7,9H2,1-3H3,(H,14,15,16). The largest absolute Gasteiger partial charge is 0.373 e. The van der Waals surface area contributed by atoms with E-state index >= 15 is 0 Å². The lowest BCUT2D eigenvalue weighted by molar-refractivity contribution is 0.686. The van der Waals surface area contributed by atoms with Gasteiger partial charge >= 0.3 is 0 Å². The first kappa shape index (κ1) is 13.5. The number of aromatic nitrogens is 2. The molecule has 0 radical (unpaired) electrons. The zero-order valence-electron chi connectivity index (χ0n) is 11.4. The highest BCUT2D eigenvalue weighted by Gasteiger charge is 2.21. The van der Waals surface area contributed by atoms with Crippen LogP contribution in [0.1, 0.15) is 25.6 Å². The summed E-state index contributed by atoms with van der Waals surface area (Å²) in [5.41, 5.74) is 0. The predicted octanol–water partition coefficient (Wildman–Crippen LogP) is 2.41. The monoisotopic (exact) mass is 266 g/mol. The minimum atomic E-state index is 0.615. The second-order valence-electron chi connectivity index (χ2n) is 4.66. The van der Waals surface area contributed by atoms with Crippen LogP contribution in [0.2, 0.25) is 0 Å². The first-order valence-electron chi connectivity index (χ1n) is 6.61. The van der Waals surface area contributed by atoms with Crippen molar-refractivity contribution in [3.8, 4) is 0 Å². The Labute approximate surface area is 114 Å². The summed E-state index contributed by atoms with van der Waals surface area (Å²) < 4.78 is 0. The van der Waals surface area contributed by atoms with Crippen molar-refractivity contribution in [1.82, 2.24) is 9.97 Å². The quantitative estimate of drug-likeness (QED) is 0.886. The van der Waals surface area contributed by atoms with Crippen LogP contribution < -0.4 is 10.2 Å². The third-order valence-electron chi connectivity index (χ3n) is 3.30. The van der Waals surface area contributed by atoms with Gasteiger partial charge in [0.15, 0.2) is 0 Å². The van der Waals surface area contributed by atoms with E-state index in [1.165, 1.54) is 17.9 Å². The van der Waals surface area contributed by atoms with E-state index in [9.17, 15) is 0 Å². The molecule has 0 aliphatic carbocycles. The van der Waals surface area contributed by atoms with Gasteiger partial charge in [-0.1, -0.05) is 6.92 Å². The summed E-state index contributed by atoms with van der Waals surface area (Å²) in [5, 5.41) is 3.13. The maximum atomic E-state index is 4.68. The number of aryl methyl sites for hydroxylation is 1. The third kappa shape index (κ3) is 3.07. The van der Waals surface area contributed by atoms with Gasteiger partial charge in [0.2, 0.25) is 0 Å². The van der Waals surface area contributed by atoms with Gasteiger partial charge in [-0.15, -0.1) is 0 Å². The highest BCUT2D eigenvalue weighted by Crippen LogP contribution is 2.26. The van der Waals surface area contributed by atoms with E-state index in [0.29, 0.717) is 6.04 Å². The fourth-order valence-corrected chi connectivity index (χ4v) is 3.41. The Bertz CT molecular complexity index is 391. The second-order valence-corrected chi connectivity index (χ2v) is 5.81. The van der Waals surface area contributed by atoms with E-state index in [1.54, 1.807) is 0 Å². The lowest BCUT2D eigenvalue weighted by atomic mass is 10.2. The molecule has 100 valence electrons. The summed E-state index contributed by atoms with van der Waals surface area (Å²) in [6.45, 7) is 2.16. The molecule has 1 atom stereocenters. The molecule has 1 saturated heterocycles. The average molecular weight is 266 g/mol. The maximum absolute atomic E-state index is 4.68. The number of hydrogen-bond donors (Lipinski definition) is 1. The number of hydrogen-bond acceptors (Lipinski definition) is 5. The zero-order chi connectivity index (χ0) is 13.0. The molecule has 1 aromatic rings. The Morgan fingerprint density at radius 1 is 1.50 bits per heavy atom. The molecule has 1 N–H and O–H groups in total. The van der Waals surface area contributed by atoms with Crippen LogP contribution in [0.4, 0.5) is 11.6 Å². The molecular formula is C13H22N4S. The predicted molar refractivity (Wildman–Crippen MR) is 79.7 cm³/mol. The number of anilines is 2. The van der Waals surface area contributed by atoms with Crippen molar-refractivity contribution >= 4 is 23.4 Å². The minimum Gasteiger partial charge on any atom is -0.373 e. The molecule has 1 unspecified atom stereocenters. The van der Waals surface area contributed by atoms with Gasteiger partial charge in [0.05, 0.1) is 0 Å². The van der Waals surface area contributed by atoms with Gasteiger partial charge in [-0.2, -0.15) is 11.8 Å². The molecule has 0 bridgehead atoms. The van der Waals surface area contributed by atoms with Crippen molar-refractivity contribution in [2.75, 3.05) is 35.8 Å². The van der Waals surface area contributed by atoms with Crippen LogP contribution in [0, 0.1) is 0 Å². The van der Waals surface area contributed by atoms with Crippen molar-refractivity contribution < 1.29 is 0 Å². The average Bonchev–Trinajstić information content (AvgIpc) is 2.91. The molecule has 1 aliphatic heterocycles. The highest BCUT2D eigenvalue weighted by atomic mass is 32.2. The van der Waals surface area contributed by atoms with Gasteiger partial charge < -0.3 is 10.2 Å². The smallest absolute Gasteiger partial charge is 0.134 e. The lowest BCUT2D eigenvalue weighted by Crippen LogP contribution is -2.32. The van der Waals surface area contributed by atoms with Crippen molar-refractivity contribution in [1.29, 1.82) is 0 Å². The number of nitrogens with zero attached hydrogens (tertiary/aromatic N) is 3. The fraction of sp³-hybridized carbons (Fsp3) is 0.692. The van der Waals surface area contributed by atoms with E-state index < -0.39 is 0 Å². The summed E-state index contributed by atoms with van der Waals surface area (Å²) in [6, 6.07) is 2.66. The summed E-state index contributed by atoms with van der Waals surface area (Å²) in [4.78, 5) is 11.5. The van der Waals surface area contributed by atoms with Crippen LogP contribution in [0.25, 0.3) is 0 Å². The van der Waals surface area contributed by atoms with E-state index in [-0.39, 0.29) is 0 Å². The van der Waals surface area contributed by atoms with Crippen molar-refractivity contribution in [2.45, 2.75) is 32.2 Å². The molecule has 1 aliphatic rings. The van der Waals surface area contributed by atoms with Crippen molar-refractivity contribution in [2.24, 2.45) is 0 Å². The molecule has 2 heterocycles. The van der Waals surface area contributed by atoms with Gasteiger partial charge in [0, 0.05) is 38.4 Å². The van der Waals surface area contributed by atoms with Gasteiger partial charge in [-0.25, -0.2) is 9.97 Å². The van der Waals surface area contributed by atoms with Crippen LogP contribution in [0.3, 0.4) is 0 Å². The second kappa shape index (κ2) is 6.27. The van der Waals surface area contributed by atoms with E-state index in [0.717, 1.165) is 30.3 Å². The summed E-state index contributed by atoms with van der Waals surface area (Å²) in [7, 11) is 4.06. The van der Waals surface area contributed by atoms with Crippen molar-refractivity contribution in [3.05, 3.63) is 11.9 Å². The normalized spacial score (nSPS) is 18.9. The molecule has 2 rings (SSSR count). The minimum absolute atomic E-state index is 0.615. The van der Waals surface area contributed by atoms with Crippen LogP contribution >= 0.6 is 11.8 Å². The maximum Gasteiger partial charge on any atom is 0.134 e. The van der Waals surface area contributed by atoms with Crippen LogP contribution in [-0.4, -0.2) is 41.6 Å². The van der Waals surface area contributed by atoms with Crippen LogP contribution in [0.5, 0.6) is 0 Å². The summed E-state index contributed by atoms with van der Waals surface area (Å²) in [5.74, 6) is 5.38. The SMILES string of the molecule is CCCc1nc(NC)cc(N(C)C2CCSC2)n1. The third-order valence-corrected chi connectivity index (χ3v) is 4.45. The first-order valence-corrected chi connectivity index (χ1v) is 7.76. The van der Waals surface area contributed by atoms with Gasteiger partial charge in [-0.3, -0.25) is 0 Å². The Balaban J connectivity index is 2.21. The topological polar surface area (TPSA) is 41.1 Å². The van der Waals surface area contributed by atoms with Crippen LogP contribution in [0.15, 0.2) is 6.07 Å². The Kier molecular flexibility index (Phi) is 4.69. The van der Waals surface area contributed by atoms with E-state index in [1.807, 2.05) is 24.9 Å². The Hall–Kier alpha value is -0.970. The molecule has 5 heteroatoms. The van der Waals surface area contributed by atoms with E-state index in [2.05, 4.69) is 34.2 Å². The fourth-order valence-electron chi connectivity index (χ4n) is 2.14. The molecule has 1 aromatic heterocycles. The Morgan fingerprint density at radius 3 is 2.94 bits per heavy atom. The number of nitrogens with one attached hydrogen (secondary N) is 1. The number of rotatable bonds is 5. The summed E-state index contributed by atoms with van der Waals surface area (Å²) in [6.07, 6.45) is 3.27. The zero-order valence-corrected chi connectivity index (χ0v) is 12.3. The first-order chi connectivity index (χ1) is 8.74. The number of thioether (sulfide) groups is 1. The molecule has 4 nitrogen and oxygen atoms in total. The highest BCUT2D eigenvalue weighted by molar-refractivity contribution is 7.99.